The Kier molecular flexibility index (Phi) is 6.32. The van der Waals surface area contributed by atoms with Crippen LogP contribution in [0.4, 0.5) is 0 Å². The molecule has 0 bridgehead atoms. The van der Waals surface area contributed by atoms with Gasteiger partial charge in [-0.3, -0.25) is 4.79 Å². The number of carbonyl (C=O) groups is 1. The lowest BCUT2D eigenvalue weighted by atomic mass is 9.97. The summed E-state index contributed by atoms with van der Waals surface area (Å²) in [4.78, 5) is 16.6. The van der Waals surface area contributed by atoms with Gasteiger partial charge in [-0.15, -0.1) is 0 Å². The number of benzene rings is 3. The van der Waals surface area contributed by atoms with Gasteiger partial charge in [-0.25, -0.2) is 4.98 Å². The van der Waals surface area contributed by atoms with Crippen LogP contribution in [0.3, 0.4) is 0 Å². The van der Waals surface area contributed by atoms with Crippen LogP contribution in [0.2, 0.25) is 0 Å². The molecule has 188 valence electrons. The molecule has 6 heteroatoms. The molecular weight excluding hydrogens is 476 g/mol. The molecule has 1 saturated carbocycles. The first-order valence-corrected chi connectivity index (χ1v) is 12.7. The lowest BCUT2D eigenvalue weighted by Gasteiger charge is -2.13. The van der Waals surface area contributed by atoms with E-state index >= 15 is 0 Å². The SMILES string of the molecule is Cc1noc(-c2ccc(-c3ccc(OC(=O)C4CC4)cc3)cc2)c1C(O)c1cccc(-c2ccccc2)n1. The summed E-state index contributed by atoms with van der Waals surface area (Å²) in [5.74, 6) is 0.983. The van der Waals surface area contributed by atoms with Gasteiger partial charge < -0.3 is 14.4 Å². The Bertz CT molecular complexity index is 1570. The Balaban J connectivity index is 1.24. The monoisotopic (exact) mass is 502 g/mol. The second-order valence-corrected chi connectivity index (χ2v) is 9.52. The van der Waals surface area contributed by atoms with Crippen LogP contribution in [-0.2, 0) is 4.79 Å². The summed E-state index contributed by atoms with van der Waals surface area (Å²) >= 11 is 0. The number of carbonyl (C=O) groups excluding carboxylic acids is 1. The molecule has 2 aromatic heterocycles. The van der Waals surface area contributed by atoms with E-state index in [1.165, 1.54) is 0 Å². The predicted octanol–water partition coefficient (Wildman–Crippen LogP) is 6.78. The summed E-state index contributed by atoms with van der Waals surface area (Å²) in [7, 11) is 0. The number of ether oxygens (including phenoxy) is 1. The first kappa shape index (κ1) is 23.8. The average Bonchev–Trinajstić information content (AvgIpc) is 3.76. The minimum absolute atomic E-state index is 0.0638. The zero-order valence-electron chi connectivity index (χ0n) is 20.9. The van der Waals surface area contributed by atoms with E-state index in [2.05, 4.69) is 5.16 Å². The number of hydrogen-bond donors (Lipinski definition) is 1. The van der Waals surface area contributed by atoms with E-state index < -0.39 is 6.10 Å². The Hall–Kier alpha value is -4.55. The summed E-state index contributed by atoms with van der Waals surface area (Å²) in [6.07, 6.45) is 0.845. The van der Waals surface area contributed by atoms with E-state index in [0.717, 1.165) is 40.8 Å². The summed E-state index contributed by atoms with van der Waals surface area (Å²) in [5, 5.41) is 15.5. The fraction of sp³-hybridized carbons (Fsp3) is 0.156. The predicted molar refractivity (Wildman–Crippen MR) is 144 cm³/mol. The summed E-state index contributed by atoms with van der Waals surface area (Å²) in [5.41, 5.74) is 6.31. The molecule has 5 aromatic rings. The van der Waals surface area contributed by atoms with Crippen molar-refractivity contribution in [1.82, 2.24) is 10.1 Å². The van der Waals surface area contributed by atoms with Crippen LogP contribution in [0, 0.1) is 12.8 Å². The maximum Gasteiger partial charge on any atom is 0.314 e. The van der Waals surface area contributed by atoms with Crippen LogP contribution in [0.25, 0.3) is 33.7 Å². The Morgan fingerprint density at radius 1 is 0.842 bits per heavy atom. The highest BCUT2D eigenvalue weighted by Gasteiger charge is 2.31. The molecule has 0 aliphatic heterocycles. The molecule has 1 aliphatic carbocycles. The fourth-order valence-electron chi connectivity index (χ4n) is 4.48. The van der Waals surface area contributed by atoms with Crippen LogP contribution >= 0.6 is 0 Å². The van der Waals surface area contributed by atoms with Gasteiger partial charge in [0.15, 0.2) is 5.76 Å². The molecule has 6 rings (SSSR count). The Labute approximate surface area is 220 Å². The molecule has 1 N–H and O–H groups in total. The van der Waals surface area contributed by atoms with Crippen molar-refractivity contribution in [1.29, 1.82) is 0 Å². The lowest BCUT2D eigenvalue weighted by Crippen LogP contribution is -2.09. The van der Waals surface area contributed by atoms with Gasteiger partial charge in [-0.05, 0) is 55.2 Å². The van der Waals surface area contributed by atoms with Gasteiger partial charge in [0.05, 0.1) is 28.6 Å². The molecule has 6 nitrogen and oxygen atoms in total. The van der Waals surface area contributed by atoms with E-state index in [4.69, 9.17) is 14.2 Å². The minimum Gasteiger partial charge on any atom is -0.426 e. The van der Waals surface area contributed by atoms with E-state index in [9.17, 15) is 9.90 Å². The molecule has 3 aromatic carbocycles. The minimum atomic E-state index is -0.995. The van der Waals surface area contributed by atoms with Crippen LogP contribution < -0.4 is 4.74 Å². The Morgan fingerprint density at radius 3 is 2.18 bits per heavy atom. The van der Waals surface area contributed by atoms with Crippen molar-refractivity contribution in [2.24, 2.45) is 5.92 Å². The number of aliphatic hydroxyl groups excluding tert-OH is 1. The van der Waals surface area contributed by atoms with Gasteiger partial charge in [-0.1, -0.05) is 78.0 Å². The Morgan fingerprint density at radius 2 is 1.50 bits per heavy atom. The number of esters is 1. The number of aromatic nitrogens is 2. The van der Waals surface area contributed by atoms with Gasteiger partial charge in [0, 0.05) is 11.1 Å². The standard InChI is InChI=1S/C32H26N2O4/c1-20-29(30(35)28-9-5-8-27(33-28)23-6-3-2-4-7-23)31(38-34-20)24-12-10-21(11-13-24)22-16-18-26(19-17-22)37-32(36)25-14-15-25/h2-13,16-19,25,30,35H,14-15H2,1H3. The highest BCUT2D eigenvalue weighted by atomic mass is 16.5. The molecule has 0 radical (unpaired) electrons. The van der Waals surface area contributed by atoms with Gasteiger partial charge in [0.1, 0.15) is 11.9 Å². The highest BCUT2D eigenvalue weighted by molar-refractivity contribution is 5.78. The van der Waals surface area contributed by atoms with Crippen molar-refractivity contribution >= 4 is 5.97 Å². The quantitative estimate of drug-likeness (QED) is 0.195. The fourth-order valence-corrected chi connectivity index (χ4v) is 4.48. The van der Waals surface area contributed by atoms with Crippen LogP contribution in [0.1, 0.15) is 35.9 Å². The number of aliphatic hydroxyl groups is 1. The number of aryl methyl sites for hydroxylation is 1. The van der Waals surface area contributed by atoms with Crippen LogP contribution in [0.5, 0.6) is 5.75 Å². The van der Waals surface area contributed by atoms with E-state index in [-0.39, 0.29) is 11.9 Å². The third kappa shape index (κ3) is 4.86. The lowest BCUT2D eigenvalue weighted by molar-refractivity contribution is -0.135. The van der Waals surface area contributed by atoms with Crippen molar-refractivity contribution in [2.75, 3.05) is 0 Å². The van der Waals surface area contributed by atoms with Crippen LogP contribution in [0.15, 0.2) is 102 Å². The second kappa shape index (κ2) is 10.1. The smallest absolute Gasteiger partial charge is 0.314 e. The number of hydrogen-bond acceptors (Lipinski definition) is 6. The van der Waals surface area contributed by atoms with Gasteiger partial charge in [0.2, 0.25) is 0 Å². The third-order valence-electron chi connectivity index (χ3n) is 6.77. The average molecular weight is 503 g/mol. The van der Waals surface area contributed by atoms with Gasteiger partial charge >= 0.3 is 5.97 Å². The molecule has 1 atom stereocenters. The number of nitrogens with zero attached hydrogens (tertiary/aromatic N) is 2. The molecular formula is C32H26N2O4. The molecule has 2 heterocycles. The van der Waals surface area contributed by atoms with Crippen molar-refractivity contribution in [2.45, 2.75) is 25.9 Å². The summed E-state index contributed by atoms with van der Waals surface area (Å²) < 4.78 is 11.1. The van der Waals surface area contributed by atoms with E-state index in [1.807, 2.05) is 104 Å². The van der Waals surface area contributed by atoms with E-state index in [1.54, 1.807) is 0 Å². The molecule has 0 saturated heterocycles. The molecule has 1 unspecified atom stereocenters. The molecule has 38 heavy (non-hydrogen) atoms. The first-order chi connectivity index (χ1) is 18.6. The topological polar surface area (TPSA) is 85.5 Å². The highest BCUT2D eigenvalue weighted by Crippen LogP contribution is 2.36. The van der Waals surface area contributed by atoms with Crippen molar-refractivity contribution in [3.05, 3.63) is 114 Å². The molecule has 0 amide bonds. The van der Waals surface area contributed by atoms with Crippen molar-refractivity contribution < 1.29 is 19.2 Å². The molecule has 1 fully saturated rings. The summed E-state index contributed by atoms with van der Waals surface area (Å²) in [6, 6.07) is 30.9. The maximum atomic E-state index is 11.9. The largest absolute Gasteiger partial charge is 0.426 e. The number of rotatable bonds is 7. The normalized spacial score (nSPS) is 13.7. The van der Waals surface area contributed by atoms with Gasteiger partial charge in [0.25, 0.3) is 0 Å². The van der Waals surface area contributed by atoms with Gasteiger partial charge in [-0.2, -0.15) is 0 Å². The van der Waals surface area contributed by atoms with Crippen molar-refractivity contribution in [3.8, 4) is 39.5 Å². The van der Waals surface area contributed by atoms with Crippen molar-refractivity contribution in [3.63, 3.8) is 0 Å². The second-order valence-electron chi connectivity index (χ2n) is 9.52. The summed E-state index contributed by atoms with van der Waals surface area (Å²) in [6.45, 7) is 1.82. The zero-order valence-corrected chi connectivity index (χ0v) is 20.9. The zero-order chi connectivity index (χ0) is 26.1. The van der Waals surface area contributed by atoms with E-state index in [0.29, 0.717) is 28.5 Å². The number of pyridine rings is 1. The third-order valence-corrected chi connectivity index (χ3v) is 6.77. The van der Waals surface area contributed by atoms with Crippen LogP contribution in [-0.4, -0.2) is 21.2 Å². The maximum absolute atomic E-state index is 11.9. The molecule has 1 aliphatic rings. The molecule has 0 spiro atoms. The first-order valence-electron chi connectivity index (χ1n) is 12.7.